The van der Waals surface area contributed by atoms with Crippen LogP contribution in [0.2, 0.25) is 5.02 Å². The highest BCUT2D eigenvalue weighted by molar-refractivity contribution is 6.35. The number of hydrogen-bond donors (Lipinski definition) is 7. The Morgan fingerprint density at radius 1 is 0.933 bits per heavy atom. The molecule has 2 fully saturated rings. The van der Waals surface area contributed by atoms with Crippen LogP contribution in [0.5, 0.6) is 11.5 Å². The number of epoxide rings is 1. The van der Waals surface area contributed by atoms with Crippen LogP contribution in [0.1, 0.15) is 115 Å². The zero-order valence-electron chi connectivity index (χ0n) is 52.2. The van der Waals surface area contributed by atoms with Crippen LogP contribution in [0.3, 0.4) is 0 Å². The summed E-state index contributed by atoms with van der Waals surface area (Å²) in [6, 6.07) is 3.43. The second-order valence-electron chi connectivity index (χ2n) is 23.3. The molecule has 2 aromatic carbocycles. The smallest absolute Gasteiger partial charge is 0.409 e. The van der Waals surface area contributed by atoms with Gasteiger partial charge < -0.3 is 70.3 Å². The summed E-state index contributed by atoms with van der Waals surface area (Å²) in [6.45, 7) is 10.6. The van der Waals surface area contributed by atoms with Crippen molar-refractivity contribution < 1.29 is 81.5 Å². The lowest BCUT2D eigenvalue weighted by Crippen LogP contribution is -2.63. The molecule has 0 saturated carbocycles. The van der Waals surface area contributed by atoms with Crippen molar-refractivity contribution in [1.82, 2.24) is 31.1 Å². The van der Waals surface area contributed by atoms with Crippen LogP contribution in [0.4, 0.5) is 21.0 Å². The van der Waals surface area contributed by atoms with Crippen molar-refractivity contribution in [2.75, 3.05) is 58.7 Å². The van der Waals surface area contributed by atoms with Gasteiger partial charge in [0.1, 0.15) is 58.6 Å². The first kappa shape index (κ1) is 70.0. The number of nitrogens with two attached hydrogens (primary N) is 1. The average Bonchev–Trinajstić information content (AvgIpc) is 1.58. The number of hydrogen-bond acceptors (Lipinski definition) is 17. The number of anilines is 2. The summed E-state index contributed by atoms with van der Waals surface area (Å²) in [5.74, 6) is -5.42. The van der Waals surface area contributed by atoms with Crippen molar-refractivity contribution in [1.29, 1.82) is 0 Å². The number of alkyl carbamates (subject to hydrolysis) is 1. The van der Waals surface area contributed by atoms with Gasteiger partial charge in [0.25, 0.3) is 17.7 Å². The second kappa shape index (κ2) is 30.9. The lowest BCUT2D eigenvalue weighted by atomic mass is 9.83. The molecule has 0 aliphatic carbocycles. The van der Waals surface area contributed by atoms with Gasteiger partial charge in [0.2, 0.25) is 23.6 Å². The van der Waals surface area contributed by atoms with Crippen LogP contribution in [-0.2, 0) is 58.9 Å². The van der Waals surface area contributed by atoms with Crippen LogP contribution in [0.15, 0.2) is 66.3 Å². The number of imide groups is 1. The van der Waals surface area contributed by atoms with E-state index in [1.165, 1.54) is 77.6 Å². The monoisotopic (exact) mass is 1260 g/mol. The predicted octanol–water partition coefficient (Wildman–Crippen LogP) is 4.73. The number of nitrogens with one attached hydrogen (secondary N) is 5. The van der Waals surface area contributed by atoms with Gasteiger partial charge in [0.05, 0.1) is 38.0 Å². The number of allylic oxidation sites excluding steroid dienone is 3. The summed E-state index contributed by atoms with van der Waals surface area (Å²) in [5.41, 5.74) is 3.96. The zero-order chi connectivity index (χ0) is 65.7. The lowest BCUT2D eigenvalue weighted by Gasteiger charge is -2.42. The molecule has 2 aromatic rings. The third kappa shape index (κ3) is 17.8. The summed E-state index contributed by atoms with van der Waals surface area (Å²) in [7, 11) is 7.03. The van der Waals surface area contributed by atoms with E-state index in [0.717, 1.165) is 20.9 Å². The number of ether oxygens (including phenoxy) is 6. The van der Waals surface area contributed by atoms with Crippen LogP contribution in [-0.4, -0.2) is 177 Å². The van der Waals surface area contributed by atoms with Crippen LogP contribution in [0.25, 0.3) is 0 Å². The van der Waals surface area contributed by atoms with Gasteiger partial charge >= 0.3 is 18.1 Å². The summed E-state index contributed by atoms with van der Waals surface area (Å²) < 4.78 is 35.3. The number of urea groups is 1. The number of unbranched alkanes of at least 4 members (excludes halogenated alkanes) is 3. The van der Waals surface area contributed by atoms with E-state index in [9.17, 15) is 53.1 Å². The Bertz CT molecular complexity index is 3080. The van der Waals surface area contributed by atoms with Crippen molar-refractivity contribution in [3.63, 3.8) is 0 Å². The zero-order valence-corrected chi connectivity index (χ0v) is 53.0. The fourth-order valence-electron chi connectivity index (χ4n) is 10.9. The van der Waals surface area contributed by atoms with Gasteiger partial charge in [0.15, 0.2) is 5.72 Å². The summed E-state index contributed by atoms with van der Waals surface area (Å²) in [6.07, 6.45) is 4.67. The SMILES string of the molecule is COc1cc(NC(=O)[C@H](CCCCNC(N)=O)NC(=O)[C@@H](NC(=O)CCCCCN2C(=O)C=CC2=O)C(C)C)ccc1C(=O)N(C)[C@@H](C)C(=O)O[C@H]1CC(=O)N(C)c2cc(cc(OC)c2Cl)C/C(C)=C/C=C/[C@@H](OC)[C@@]2(O)C[C@H](OC(=O)N2)[C@@H](C)[C@@H]2O[C@@]12C. The average molecular weight is 1260 g/mol. The van der Waals surface area contributed by atoms with Gasteiger partial charge in [-0.3, -0.25) is 43.8 Å². The summed E-state index contributed by atoms with van der Waals surface area (Å²) >= 11 is 6.86. The molecule has 0 spiro atoms. The number of amides is 10. The fraction of sp³-hybridized carbons (Fsp3) is 0.548. The number of halogens is 1. The van der Waals surface area contributed by atoms with Crippen LogP contribution >= 0.6 is 11.6 Å². The second-order valence-corrected chi connectivity index (χ2v) is 23.7. The standard InChI is InChI=1S/C62H84ClN9O17/c1-34(2)53(68-48(73)21-13-12-16-27-72-49(74)24-25-50(72)75)56(78)67-41(19-14-15-26-65-59(64)81)55(77)66-39-22-23-40(43(31-39)84-9)57(79)70(7)37(5)58(80)88-47-32-51(76)71(8)42-29-38(30-44(85-10)52(42)63)28-35(3)18-17-20-46(86-11)62(83)33-45(87-60(82)69-62)36(4)54-61(47,6)89-54/h17-18,20,22-25,29-31,34,36-37,41,45-47,53-54,83H,12-16,19,21,26-28,32-33H2,1-11H3,(H,66,77)(H,67,78)(H,68,73)(H,69,82)(H3,64,65,81)/b20-17+,35-18+/t36-,37+,41+,45+,46-,47+,53+,54+,61+,62+/m1/s1. The molecule has 0 unspecified atom stereocenters. The maximum atomic E-state index is 14.6. The molecule has 89 heavy (non-hydrogen) atoms. The van der Waals surface area contributed by atoms with Crippen molar-refractivity contribution in [3.8, 4) is 11.5 Å². The third-order valence-corrected chi connectivity index (χ3v) is 16.8. The third-order valence-electron chi connectivity index (χ3n) is 16.5. The van der Waals surface area contributed by atoms with Gasteiger partial charge in [-0.2, -0.15) is 0 Å². The molecule has 4 bridgehead atoms. The minimum atomic E-state index is -1.93. The number of benzene rings is 2. The molecule has 4 heterocycles. The Morgan fingerprint density at radius 2 is 1.63 bits per heavy atom. The molecule has 26 nitrogen and oxygen atoms in total. The molecule has 4 aliphatic rings. The first-order valence-electron chi connectivity index (χ1n) is 29.6. The Balaban J connectivity index is 1.18. The number of esters is 1. The molecule has 0 aromatic heterocycles. The van der Waals surface area contributed by atoms with Gasteiger partial charge in [-0.25, -0.2) is 14.4 Å². The molecule has 10 amide bonds. The number of likely N-dealkylation sites (N-methyl/N-ethyl adjacent to an activating group) is 1. The van der Waals surface area contributed by atoms with Gasteiger partial charge in [-0.05, 0) is 95.0 Å². The van der Waals surface area contributed by atoms with Crippen LogP contribution < -0.4 is 46.7 Å². The maximum Gasteiger partial charge on any atom is 0.409 e. The molecule has 2 saturated heterocycles. The number of methoxy groups -OCH3 is 3. The summed E-state index contributed by atoms with van der Waals surface area (Å²) in [4.78, 5) is 136. The Morgan fingerprint density at radius 3 is 2.28 bits per heavy atom. The highest BCUT2D eigenvalue weighted by Gasteiger charge is 2.64. The highest BCUT2D eigenvalue weighted by atomic mass is 35.5. The molecule has 27 heteroatoms. The molecule has 0 radical (unpaired) electrons. The molecular formula is C62H84ClN9O17. The Labute approximate surface area is 522 Å². The van der Waals surface area contributed by atoms with E-state index in [0.29, 0.717) is 50.0 Å². The summed E-state index contributed by atoms with van der Waals surface area (Å²) in [5, 5.41) is 25.4. The molecule has 8 N–H and O–H groups in total. The number of carbonyl (C=O) groups excluding carboxylic acids is 10. The number of aliphatic hydroxyl groups is 1. The fourth-order valence-corrected chi connectivity index (χ4v) is 11.2. The minimum Gasteiger partial charge on any atom is -0.496 e. The number of carbonyl (C=O) groups is 10. The molecule has 486 valence electrons. The number of rotatable bonds is 24. The van der Waals surface area contributed by atoms with Crippen molar-refractivity contribution >= 4 is 82.4 Å². The van der Waals surface area contributed by atoms with E-state index < -0.39 is 120 Å². The van der Waals surface area contributed by atoms with E-state index >= 15 is 0 Å². The van der Waals surface area contributed by atoms with Gasteiger partial charge in [0, 0.05) is 77.0 Å². The highest BCUT2D eigenvalue weighted by Crippen LogP contribution is 2.49. The van der Waals surface area contributed by atoms with E-state index in [1.807, 2.05) is 13.0 Å². The number of fused-ring (bicyclic) bond motifs is 5. The van der Waals surface area contributed by atoms with Gasteiger partial charge in [-0.1, -0.05) is 62.6 Å². The van der Waals surface area contributed by atoms with E-state index in [4.69, 9.17) is 45.8 Å². The van der Waals surface area contributed by atoms with Gasteiger partial charge in [-0.15, -0.1) is 0 Å². The Kier molecular flexibility index (Phi) is 24.3. The van der Waals surface area contributed by atoms with E-state index in [1.54, 1.807) is 52.0 Å². The number of nitrogens with zero attached hydrogens (tertiary/aromatic N) is 3. The minimum absolute atomic E-state index is 0.0105. The Hall–Kier alpha value is -8.07. The van der Waals surface area contributed by atoms with Crippen molar-refractivity contribution in [3.05, 3.63) is 82.4 Å². The van der Waals surface area contributed by atoms with E-state index in [-0.39, 0.29) is 66.2 Å². The quantitative estimate of drug-likeness (QED) is 0.0323. The van der Waals surface area contributed by atoms with Crippen LogP contribution in [0, 0.1) is 11.8 Å². The predicted molar refractivity (Wildman–Crippen MR) is 326 cm³/mol. The van der Waals surface area contributed by atoms with Crippen molar-refractivity contribution in [2.45, 2.75) is 160 Å². The molecule has 4 aliphatic heterocycles. The number of primary amides is 1. The van der Waals surface area contributed by atoms with E-state index in [2.05, 4.69) is 26.6 Å². The lowest BCUT2D eigenvalue weighted by molar-refractivity contribution is -0.158. The topological polar surface area (TPSA) is 345 Å². The largest absolute Gasteiger partial charge is 0.496 e. The molecule has 10 atom stereocenters. The molecular weight excluding hydrogens is 1180 g/mol. The molecule has 6 rings (SSSR count). The maximum absolute atomic E-state index is 14.6. The first-order chi connectivity index (χ1) is 42.0. The normalized spacial score (nSPS) is 24.6. The van der Waals surface area contributed by atoms with Crippen molar-refractivity contribution in [2.24, 2.45) is 17.6 Å². The first-order valence-corrected chi connectivity index (χ1v) is 30.0.